The van der Waals surface area contributed by atoms with Crippen molar-refractivity contribution in [3.8, 4) is 11.1 Å². The predicted octanol–water partition coefficient (Wildman–Crippen LogP) is 5.83. The lowest BCUT2D eigenvalue weighted by atomic mass is 10.1. The second kappa shape index (κ2) is 14.1. The molecule has 5 nitrogen and oxygen atoms in total. The molecular formula is C24H26N4OS2. The Labute approximate surface area is 192 Å². The van der Waals surface area contributed by atoms with E-state index < -0.39 is 0 Å². The highest BCUT2D eigenvalue weighted by molar-refractivity contribution is 8.16. The fourth-order valence-corrected chi connectivity index (χ4v) is 3.66. The van der Waals surface area contributed by atoms with Gasteiger partial charge >= 0.3 is 0 Å². The molecule has 0 aromatic heterocycles. The summed E-state index contributed by atoms with van der Waals surface area (Å²) < 4.78 is 3.40. The maximum Gasteiger partial charge on any atom is 0.174 e. The summed E-state index contributed by atoms with van der Waals surface area (Å²) in [6.45, 7) is 1.44. The van der Waals surface area contributed by atoms with Gasteiger partial charge in [-0.2, -0.15) is 0 Å². The Morgan fingerprint density at radius 1 is 0.968 bits per heavy atom. The first-order chi connectivity index (χ1) is 15.2. The number of benzene rings is 3. The highest BCUT2D eigenvalue weighted by atomic mass is 32.2. The summed E-state index contributed by atoms with van der Waals surface area (Å²) in [4.78, 5) is 14.0. The molecule has 0 unspecified atom stereocenters. The molecule has 0 spiro atoms. The summed E-state index contributed by atoms with van der Waals surface area (Å²) in [5, 5.41) is 2.62. The number of nitrogens with zero attached hydrogens (tertiary/aromatic N) is 1. The van der Waals surface area contributed by atoms with Crippen LogP contribution in [0.3, 0.4) is 0 Å². The van der Waals surface area contributed by atoms with Crippen LogP contribution in [0.4, 0.5) is 5.69 Å². The normalized spacial score (nSPS) is 10.9. The lowest BCUT2D eigenvalue weighted by Gasteiger charge is -2.07. The van der Waals surface area contributed by atoms with Gasteiger partial charge in [0.05, 0.1) is 0 Å². The maximum absolute atomic E-state index is 8.81. The predicted molar refractivity (Wildman–Crippen MR) is 137 cm³/mol. The van der Waals surface area contributed by atoms with Crippen molar-refractivity contribution in [3.63, 3.8) is 0 Å². The van der Waals surface area contributed by atoms with E-state index >= 15 is 0 Å². The van der Waals surface area contributed by atoms with Crippen LogP contribution >= 0.6 is 23.7 Å². The first-order valence-corrected chi connectivity index (χ1v) is 11.2. The highest BCUT2D eigenvalue weighted by Crippen LogP contribution is 2.26. The number of aliphatic imine (C=N–C) groups is 1. The van der Waals surface area contributed by atoms with Gasteiger partial charge in [-0.1, -0.05) is 66.4 Å². The lowest BCUT2D eigenvalue weighted by Crippen LogP contribution is -2.27. The van der Waals surface area contributed by atoms with E-state index in [1.165, 1.54) is 29.8 Å². The van der Waals surface area contributed by atoms with E-state index in [0.29, 0.717) is 5.17 Å². The molecule has 0 aliphatic heterocycles. The monoisotopic (exact) mass is 450 g/mol. The van der Waals surface area contributed by atoms with Gasteiger partial charge in [0.15, 0.2) is 5.17 Å². The Bertz CT molecular complexity index is 990. The largest absolute Gasteiger partial charge is 0.326 e. The molecule has 0 bridgehead atoms. The van der Waals surface area contributed by atoms with Crippen LogP contribution in [0.5, 0.6) is 0 Å². The summed E-state index contributed by atoms with van der Waals surface area (Å²) in [5.41, 5.74) is 7.14. The van der Waals surface area contributed by atoms with E-state index in [0.717, 1.165) is 22.4 Å². The van der Waals surface area contributed by atoms with Gasteiger partial charge in [-0.3, -0.25) is 4.99 Å². The Balaban J connectivity index is 0.00000107. The number of nitrogens with two attached hydrogens (primary N) is 1. The highest BCUT2D eigenvalue weighted by Gasteiger charge is 2.00. The Morgan fingerprint density at radius 3 is 2.29 bits per heavy atom. The molecular weight excluding hydrogens is 424 g/mol. The van der Waals surface area contributed by atoms with Crippen molar-refractivity contribution in [3.05, 3.63) is 89.8 Å². The number of carbonyl (C=O) groups excluding carboxylic acids is 1. The van der Waals surface area contributed by atoms with Gasteiger partial charge in [0.1, 0.15) is 6.29 Å². The Morgan fingerprint density at radius 2 is 1.65 bits per heavy atom. The topological polar surface area (TPSA) is 79.5 Å². The number of hydrazine groups is 1. The smallest absolute Gasteiger partial charge is 0.174 e. The molecule has 0 saturated heterocycles. The molecule has 31 heavy (non-hydrogen) atoms. The third-order valence-electron chi connectivity index (χ3n) is 3.90. The van der Waals surface area contributed by atoms with E-state index in [1.54, 1.807) is 19.0 Å². The van der Waals surface area contributed by atoms with Gasteiger partial charge in [0, 0.05) is 17.6 Å². The summed E-state index contributed by atoms with van der Waals surface area (Å²) >= 11 is 3.04. The van der Waals surface area contributed by atoms with Crippen LogP contribution in [0, 0.1) is 0 Å². The number of carbonyl (C=O) groups is 1. The van der Waals surface area contributed by atoms with E-state index in [9.17, 15) is 0 Å². The number of thioether (sulfide) groups is 1. The van der Waals surface area contributed by atoms with E-state index in [-0.39, 0.29) is 0 Å². The van der Waals surface area contributed by atoms with Gasteiger partial charge in [-0.05, 0) is 71.3 Å². The number of aldehydes is 1. The zero-order valence-electron chi connectivity index (χ0n) is 17.5. The van der Waals surface area contributed by atoms with Crippen molar-refractivity contribution in [2.75, 3.05) is 11.8 Å². The molecule has 0 aliphatic rings. The minimum atomic E-state index is 0.667. The molecule has 0 aliphatic carbocycles. The van der Waals surface area contributed by atoms with Crippen LogP contribution in [0.2, 0.25) is 0 Å². The van der Waals surface area contributed by atoms with E-state index in [4.69, 9.17) is 10.6 Å². The van der Waals surface area contributed by atoms with Crippen LogP contribution in [0.25, 0.3) is 17.2 Å². The maximum atomic E-state index is 8.81. The van der Waals surface area contributed by atoms with Crippen molar-refractivity contribution in [1.29, 1.82) is 0 Å². The van der Waals surface area contributed by atoms with Crippen molar-refractivity contribution < 1.29 is 4.79 Å². The molecule has 0 radical (unpaired) electrons. The quantitative estimate of drug-likeness (QED) is 0.109. The first-order valence-electron chi connectivity index (χ1n) is 9.55. The fourth-order valence-electron chi connectivity index (χ4n) is 2.50. The van der Waals surface area contributed by atoms with Gasteiger partial charge in [-0.15, -0.1) is 0 Å². The second-order valence-corrected chi connectivity index (χ2v) is 7.82. The zero-order valence-corrected chi connectivity index (χ0v) is 19.1. The van der Waals surface area contributed by atoms with Crippen molar-refractivity contribution >= 4 is 46.9 Å². The number of amidine groups is 1. The van der Waals surface area contributed by atoms with Crippen molar-refractivity contribution in [1.82, 2.24) is 5.43 Å². The molecule has 0 amide bonds. The molecule has 0 atom stereocenters. The third-order valence-corrected chi connectivity index (χ3v) is 5.54. The number of rotatable bonds is 6. The minimum absolute atomic E-state index is 0.667. The van der Waals surface area contributed by atoms with E-state index in [1.807, 2.05) is 23.6 Å². The SMILES string of the molecule is CC=O.CN=C(NN)S/C=C/c1cccc(NSc2ccc(-c3ccccc3)cc2)c1. The molecule has 0 fully saturated rings. The molecule has 0 saturated carbocycles. The molecule has 160 valence electrons. The molecule has 4 N–H and O–H groups in total. The van der Waals surface area contributed by atoms with Gasteiger partial charge in [0.25, 0.3) is 0 Å². The fraction of sp³-hybridized carbons (Fsp3) is 0.0833. The van der Waals surface area contributed by atoms with Crippen LogP contribution < -0.4 is 16.0 Å². The lowest BCUT2D eigenvalue weighted by molar-refractivity contribution is -0.106. The van der Waals surface area contributed by atoms with Crippen LogP contribution in [0.1, 0.15) is 12.5 Å². The third kappa shape index (κ3) is 8.72. The average molecular weight is 451 g/mol. The van der Waals surface area contributed by atoms with Crippen LogP contribution in [-0.4, -0.2) is 18.5 Å². The zero-order chi connectivity index (χ0) is 22.3. The van der Waals surface area contributed by atoms with Crippen molar-refractivity contribution in [2.45, 2.75) is 11.8 Å². The molecule has 0 heterocycles. The van der Waals surface area contributed by atoms with Crippen molar-refractivity contribution in [2.24, 2.45) is 10.8 Å². The van der Waals surface area contributed by atoms with Gasteiger partial charge < -0.3 is 14.9 Å². The van der Waals surface area contributed by atoms with Gasteiger partial charge in [0.2, 0.25) is 0 Å². The summed E-state index contributed by atoms with van der Waals surface area (Å²) in [6.07, 6.45) is 2.78. The second-order valence-electron chi connectivity index (χ2n) is 6.05. The molecule has 3 aromatic carbocycles. The Kier molecular flexibility index (Phi) is 11.0. The van der Waals surface area contributed by atoms with Gasteiger partial charge in [-0.25, -0.2) is 5.84 Å². The number of hydrogen-bond acceptors (Lipinski definition) is 6. The number of hydrogen-bond donors (Lipinski definition) is 3. The Hall–Kier alpha value is -3.00. The number of nitrogens with one attached hydrogen (secondary N) is 2. The summed E-state index contributed by atoms with van der Waals surface area (Å²) in [6, 6.07) is 27.2. The number of anilines is 1. The average Bonchev–Trinajstić information content (AvgIpc) is 2.82. The first kappa shape index (κ1) is 24.3. The summed E-state index contributed by atoms with van der Waals surface area (Å²) in [7, 11) is 1.70. The minimum Gasteiger partial charge on any atom is -0.326 e. The molecule has 3 aromatic rings. The van der Waals surface area contributed by atoms with Crippen LogP contribution in [-0.2, 0) is 4.79 Å². The molecule has 3 rings (SSSR count). The standard InChI is InChI=1S/C22H22N4S2.C2H4O/c1-24-22(25-23)27-15-14-17-6-5-9-20(16-17)26-28-21-12-10-19(11-13-21)18-7-3-2-4-8-18;1-2-3/h2-16,26H,23H2,1H3,(H,24,25);2H,1H3/b15-14+;. The van der Waals surface area contributed by atoms with E-state index in [2.05, 4.69) is 81.9 Å². The van der Waals surface area contributed by atoms with Crippen LogP contribution in [0.15, 0.2) is 94.2 Å². The summed E-state index contributed by atoms with van der Waals surface area (Å²) in [5.74, 6) is 5.38. The molecule has 7 heteroatoms.